The Labute approximate surface area is 169 Å². The zero-order chi connectivity index (χ0) is 19.2. The molecule has 0 aliphatic rings. The highest BCUT2D eigenvalue weighted by molar-refractivity contribution is 9.10. The van der Waals surface area contributed by atoms with E-state index in [-0.39, 0.29) is 0 Å². The number of hydrogen-bond donors (Lipinski definition) is 1. The summed E-state index contributed by atoms with van der Waals surface area (Å²) in [5, 5.41) is 6.81. The standard InChI is InChI=1S/C19H16BrN3O3S/c1-12-11-27-19(22-12)23-21-10-13-6-7-16(17(8-13)25-2)26-18(24)14-4-3-5-15(20)9-14/h3-11H,1-2H3,(H,22,23)/b21-10-. The molecule has 138 valence electrons. The fraction of sp³-hybridized carbons (Fsp3) is 0.105. The molecule has 0 radical (unpaired) electrons. The van der Waals surface area contributed by atoms with Gasteiger partial charge in [0.15, 0.2) is 11.5 Å². The number of thiazole rings is 1. The van der Waals surface area contributed by atoms with Crippen molar-refractivity contribution in [1.29, 1.82) is 0 Å². The molecule has 2 aromatic carbocycles. The number of benzene rings is 2. The highest BCUT2D eigenvalue weighted by Gasteiger charge is 2.13. The van der Waals surface area contributed by atoms with E-state index in [2.05, 4.69) is 31.4 Å². The van der Waals surface area contributed by atoms with Crippen LogP contribution >= 0.6 is 27.3 Å². The monoisotopic (exact) mass is 445 g/mol. The van der Waals surface area contributed by atoms with Crippen LogP contribution in [0.2, 0.25) is 0 Å². The minimum absolute atomic E-state index is 0.336. The molecule has 6 nitrogen and oxygen atoms in total. The van der Waals surface area contributed by atoms with Crippen LogP contribution in [0, 0.1) is 6.92 Å². The van der Waals surface area contributed by atoms with E-state index in [0.29, 0.717) is 17.1 Å². The number of esters is 1. The quantitative estimate of drug-likeness (QED) is 0.253. The maximum atomic E-state index is 12.3. The molecule has 0 aliphatic heterocycles. The molecule has 0 atom stereocenters. The number of hydrazone groups is 1. The number of aromatic nitrogens is 1. The average molecular weight is 446 g/mol. The normalized spacial score (nSPS) is 10.8. The average Bonchev–Trinajstić information content (AvgIpc) is 3.08. The van der Waals surface area contributed by atoms with Crippen LogP contribution in [-0.2, 0) is 0 Å². The van der Waals surface area contributed by atoms with Crippen LogP contribution in [0.1, 0.15) is 21.6 Å². The number of hydrogen-bond acceptors (Lipinski definition) is 7. The Balaban J connectivity index is 1.71. The van der Waals surface area contributed by atoms with Crippen LogP contribution in [0.5, 0.6) is 11.5 Å². The summed E-state index contributed by atoms with van der Waals surface area (Å²) in [6, 6.07) is 12.2. The van der Waals surface area contributed by atoms with Gasteiger partial charge in [0.05, 0.1) is 24.6 Å². The molecule has 1 heterocycles. The van der Waals surface area contributed by atoms with E-state index in [4.69, 9.17) is 9.47 Å². The van der Waals surface area contributed by atoms with Crippen molar-refractivity contribution in [3.8, 4) is 11.5 Å². The van der Waals surface area contributed by atoms with E-state index in [1.54, 1.807) is 42.6 Å². The molecule has 0 spiro atoms. The molecule has 3 aromatic rings. The van der Waals surface area contributed by atoms with E-state index in [1.807, 2.05) is 18.4 Å². The number of carbonyl (C=O) groups is 1. The van der Waals surface area contributed by atoms with Crippen LogP contribution < -0.4 is 14.9 Å². The van der Waals surface area contributed by atoms with Crippen molar-refractivity contribution < 1.29 is 14.3 Å². The minimum atomic E-state index is -0.461. The second-order valence-electron chi connectivity index (χ2n) is 5.47. The molecular formula is C19H16BrN3O3S. The molecule has 0 unspecified atom stereocenters. The summed E-state index contributed by atoms with van der Waals surface area (Å²) in [6.07, 6.45) is 1.64. The summed E-state index contributed by atoms with van der Waals surface area (Å²) >= 11 is 4.82. The second-order valence-corrected chi connectivity index (χ2v) is 7.25. The zero-order valence-corrected chi connectivity index (χ0v) is 17.0. The number of nitrogens with zero attached hydrogens (tertiary/aromatic N) is 2. The molecule has 0 saturated carbocycles. The number of halogens is 1. The number of ether oxygens (including phenoxy) is 2. The first-order valence-corrected chi connectivity index (χ1v) is 9.59. The number of anilines is 1. The Morgan fingerprint density at radius 3 is 2.81 bits per heavy atom. The van der Waals surface area contributed by atoms with E-state index in [1.165, 1.54) is 18.4 Å². The zero-order valence-electron chi connectivity index (χ0n) is 14.6. The third-order valence-electron chi connectivity index (χ3n) is 3.44. The molecule has 0 saturated heterocycles. The number of rotatable bonds is 6. The van der Waals surface area contributed by atoms with Crippen LogP contribution in [0.3, 0.4) is 0 Å². The van der Waals surface area contributed by atoms with Crippen molar-refractivity contribution in [2.24, 2.45) is 5.10 Å². The van der Waals surface area contributed by atoms with Crippen molar-refractivity contribution >= 4 is 44.6 Å². The Bertz CT molecular complexity index is 988. The Morgan fingerprint density at radius 2 is 2.11 bits per heavy atom. The topological polar surface area (TPSA) is 72.8 Å². The maximum Gasteiger partial charge on any atom is 0.343 e. The van der Waals surface area contributed by atoms with E-state index in [9.17, 15) is 4.79 Å². The fourth-order valence-corrected chi connectivity index (χ4v) is 3.23. The van der Waals surface area contributed by atoms with Gasteiger partial charge in [0, 0.05) is 9.85 Å². The molecule has 1 N–H and O–H groups in total. The van der Waals surface area contributed by atoms with Gasteiger partial charge in [0.25, 0.3) is 0 Å². The maximum absolute atomic E-state index is 12.3. The smallest absolute Gasteiger partial charge is 0.343 e. The molecule has 0 fully saturated rings. The van der Waals surface area contributed by atoms with Crippen LogP contribution in [0.25, 0.3) is 0 Å². The molecular weight excluding hydrogens is 430 g/mol. The van der Waals surface area contributed by atoms with Crippen molar-refractivity contribution in [1.82, 2.24) is 4.98 Å². The lowest BCUT2D eigenvalue weighted by atomic mass is 10.2. The lowest BCUT2D eigenvalue weighted by Crippen LogP contribution is -2.09. The summed E-state index contributed by atoms with van der Waals surface area (Å²) in [4.78, 5) is 16.6. The van der Waals surface area contributed by atoms with Gasteiger partial charge in [-0.25, -0.2) is 9.78 Å². The molecule has 27 heavy (non-hydrogen) atoms. The third kappa shape index (κ3) is 5.15. The van der Waals surface area contributed by atoms with Gasteiger partial charge in [-0.05, 0) is 48.9 Å². The third-order valence-corrected chi connectivity index (χ3v) is 4.80. The molecule has 8 heteroatoms. The Hall–Kier alpha value is -2.71. The summed E-state index contributed by atoms with van der Waals surface area (Å²) in [7, 11) is 1.52. The largest absolute Gasteiger partial charge is 0.493 e. The number of methoxy groups -OCH3 is 1. The van der Waals surface area contributed by atoms with E-state index < -0.39 is 5.97 Å². The predicted octanol–water partition coefficient (Wildman–Crippen LogP) is 4.89. The number of nitrogens with one attached hydrogen (secondary N) is 1. The number of carbonyl (C=O) groups excluding carboxylic acids is 1. The predicted molar refractivity (Wildman–Crippen MR) is 110 cm³/mol. The van der Waals surface area contributed by atoms with Crippen LogP contribution in [0.15, 0.2) is 57.4 Å². The first kappa shape index (κ1) is 19.1. The van der Waals surface area contributed by atoms with Crippen molar-refractivity contribution in [2.45, 2.75) is 6.92 Å². The second kappa shape index (κ2) is 8.79. The fourth-order valence-electron chi connectivity index (χ4n) is 2.19. The summed E-state index contributed by atoms with van der Waals surface area (Å²) in [5.41, 5.74) is 5.04. The molecule has 0 aliphatic carbocycles. The Kier molecular flexibility index (Phi) is 6.20. The Morgan fingerprint density at radius 1 is 1.26 bits per heavy atom. The summed E-state index contributed by atoms with van der Waals surface area (Å²) in [5.74, 6) is 0.312. The molecule has 0 amide bonds. The van der Waals surface area contributed by atoms with Gasteiger partial charge in [-0.3, -0.25) is 5.43 Å². The van der Waals surface area contributed by atoms with Crippen molar-refractivity contribution in [3.63, 3.8) is 0 Å². The molecule has 0 bridgehead atoms. The van der Waals surface area contributed by atoms with Crippen LogP contribution in [0.4, 0.5) is 5.13 Å². The van der Waals surface area contributed by atoms with Gasteiger partial charge < -0.3 is 9.47 Å². The lowest BCUT2D eigenvalue weighted by molar-refractivity contribution is 0.0729. The van der Waals surface area contributed by atoms with Crippen LogP contribution in [-0.4, -0.2) is 24.3 Å². The van der Waals surface area contributed by atoms with E-state index >= 15 is 0 Å². The van der Waals surface area contributed by atoms with E-state index in [0.717, 1.165) is 20.9 Å². The molecule has 1 aromatic heterocycles. The van der Waals surface area contributed by atoms with Gasteiger partial charge in [-0.15, -0.1) is 11.3 Å². The highest BCUT2D eigenvalue weighted by Crippen LogP contribution is 2.28. The number of aryl methyl sites for hydroxylation is 1. The van der Waals surface area contributed by atoms with Crippen molar-refractivity contribution in [3.05, 3.63) is 69.1 Å². The minimum Gasteiger partial charge on any atom is -0.493 e. The SMILES string of the molecule is COc1cc(/C=N\Nc2nc(C)cs2)ccc1OC(=O)c1cccc(Br)c1. The first-order chi connectivity index (χ1) is 13.0. The summed E-state index contributed by atoms with van der Waals surface area (Å²) < 4.78 is 11.6. The van der Waals surface area contributed by atoms with Gasteiger partial charge in [0.2, 0.25) is 5.13 Å². The van der Waals surface area contributed by atoms with Gasteiger partial charge in [0.1, 0.15) is 0 Å². The van der Waals surface area contributed by atoms with Crippen molar-refractivity contribution in [2.75, 3.05) is 12.5 Å². The molecule has 3 rings (SSSR count). The summed E-state index contributed by atoms with van der Waals surface area (Å²) in [6.45, 7) is 1.92. The van der Waals surface area contributed by atoms with Gasteiger partial charge >= 0.3 is 5.97 Å². The first-order valence-electron chi connectivity index (χ1n) is 7.92. The lowest BCUT2D eigenvalue weighted by Gasteiger charge is -2.10. The van der Waals surface area contributed by atoms with Gasteiger partial charge in [-0.1, -0.05) is 22.0 Å². The van der Waals surface area contributed by atoms with Gasteiger partial charge in [-0.2, -0.15) is 5.10 Å². The highest BCUT2D eigenvalue weighted by atomic mass is 79.9.